The molecule has 132 valence electrons. The second-order valence-corrected chi connectivity index (χ2v) is 6.87. The summed E-state index contributed by atoms with van der Waals surface area (Å²) in [7, 11) is 0. The van der Waals surface area contributed by atoms with Gasteiger partial charge in [-0.25, -0.2) is 0 Å². The Balaban J connectivity index is 1.51. The number of fused-ring (bicyclic) bond motifs is 1. The molecule has 1 saturated carbocycles. The van der Waals surface area contributed by atoms with Gasteiger partial charge in [0, 0.05) is 18.5 Å². The summed E-state index contributed by atoms with van der Waals surface area (Å²) in [6.45, 7) is 0.324. The minimum atomic E-state index is -0.612. The first-order valence-electron chi connectivity index (χ1n) is 8.65. The Morgan fingerprint density at radius 3 is 2.72 bits per heavy atom. The van der Waals surface area contributed by atoms with Gasteiger partial charge < -0.3 is 14.7 Å². The van der Waals surface area contributed by atoms with Crippen LogP contribution in [-0.2, 0) is 16.1 Å². The summed E-state index contributed by atoms with van der Waals surface area (Å²) in [6, 6.07) is 4.64. The number of aliphatic hydroxyl groups excluding tert-OH is 1. The molecule has 7 heteroatoms. The first kappa shape index (κ1) is 16.1. The SMILES string of the molecule is O=C1CCC(N2Cc3cc(O[C@H]4CCC[C@H]4O)ccc3C2=O)C(=O)N1. The number of imide groups is 1. The van der Waals surface area contributed by atoms with Crippen LogP contribution in [0.4, 0.5) is 0 Å². The lowest BCUT2D eigenvalue weighted by atomic mass is 10.0. The largest absolute Gasteiger partial charge is 0.488 e. The summed E-state index contributed by atoms with van der Waals surface area (Å²) < 4.78 is 5.86. The van der Waals surface area contributed by atoms with Crippen LogP contribution in [0.3, 0.4) is 0 Å². The number of amides is 3. The van der Waals surface area contributed by atoms with E-state index in [0.29, 0.717) is 24.3 Å². The molecule has 1 aliphatic carbocycles. The quantitative estimate of drug-likeness (QED) is 0.789. The van der Waals surface area contributed by atoms with Crippen LogP contribution in [0.25, 0.3) is 0 Å². The molecule has 3 aliphatic rings. The Bertz CT molecular complexity index is 747. The van der Waals surface area contributed by atoms with E-state index in [1.54, 1.807) is 12.1 Å². The van der Waals surface area contributed by atoms with Crippen molar-refractivity contribution in [1.29, 1.82) is 0 Å². The molecule has 0 aromatic heterocycles. The molecule has 3 atom stereocenters. The highest BCUT2D eigenvalue weighted by atomic mass is 16.5. The van der Waals surface area contributed by atoms with Crippen LogP contribution >= 0.6 is 0 Å². The minimum absolute atomic E-state index is 0.197. The van der Waals surface area contributed by atoms with Gasteiger partial charge in [-0.3, -0.25) is 19.7 Å². The average molecular weight is 344 g/mol. The van der Waals surface area contributed by atoms with E-state index in [4.69, 9.17) is 4.74 Å². The van der Waals surface area contributed by atoms with Gasteiger partial charge in [-0.15, -0.1) is 0 Å². The van der Waals surface area contributed by atoms with E-state index in [-0.39, 0.29) is 24.3 Å². The lowest BCUT2D eigenvalue weighted by molar-refractivity contribution is -0.136. The number of hydrogen-bond acceptors (Lipinski definition) is 5. The monoisotopic (exact) mass is 344 g/mol. The van der Waals surface area contributed by atoms with Crippen LogP contribution in [0.15, 0.2) is 18.2 Å². The molecule has 1 aromatic carbocycles. The Kier molecular flexibility index (Phi) is 3.95. The van der Waals surface area contributed by atoms with E-state index in [0.717, 1.165) is 24.8 Å². The van der Waals surface area contributed by atoms with Gasteiger partial charge in [0.05, 0.1) is 6.10 Å². The van der Waals surface area contributed by atoms with E-state index < -0.39 is 18.1 Å². The highest BCUT2D eigenvalue weighted by Gasteiger charge is 2.39. The second-order valence-electron chi connectivity index (χ2n) is 6.87. The van der Waals surface area contributed by atoms with Gasteiger partial charge in [0.25, 0.3) is 5.91 Å². The summed E-state index contributed by atoms with van der Waals surface area (Å²) in [5, 5.41) is 12.2. The molecule has 4 rings (SSSR count). The van der Waals surface area contributed by atoms with Gasteiger partial charge in [0.15, 0.2) is 0 Å². The maximum Gasteiger partial charge on any atom is 0.255 e. The smallest absolute Gasteiger partial charge is 0.255 e. The molecule has 0 spiro atoms. The van der Waals surface area contributed by atoms with E-state index in [9.17, 15) is 19.5 Å². The van der Waals surface area contributed by atoms with Crippen molar-refractivity contribution in [2.24, 2.45) is 0 Å². The maximum atomic E-state index is 12.6. The van der Waals surface area contributed by atoms with E-state index >= 15 is 0 Å². The summed E-state index contributed by atoms with van der Waals surface area (Å²) in [5.41, 5.74) is 1.36. The Morgan fingerprint density at radius 1 is 1.16 bits per heavy atom. The third kappa shape index (κ3) is 2.89. The normalized spacial score (nSPS) is 28.9. The third-order valence-electron chi connectivity index (χ3n) is 5.20. The van der Waals surface area contributed by atoms with Crippen LogP contribution in [0.2, 0.25) is 0 Å². The predicted molar refractivity (Wildman–Crippen MR) is 86.8 cm³/mol. The molecular weight excluding hydrogens is 324 g/mol. The van der Waals surface area contributed by atoms with Gasteiger partial charge in [-0.1, -0.05) is 0 Å². The number of ether oxygens (including phenoxy) is 1. The number of carbonyl (C=O) groups excluding carboxylic acids is 3. The van der Waals surface area contributed by atoms with Crippen LogP contribution in [0, 0.1) is 0 Å². The van der Waals surface area contributed by atoms with E-state index in [1.807, 2.05) is 6.07 Å². The van der Waals surface area contributed by atoms with Crippen molar-refractivity contribution in [2.45, 2.75) is 56.9 Å². The van der Waals surface area contributed by atoms with Crippen molar-refractivity contribution in [3.05, 3.63) is 29.3 Å². The molecular formula is C18H20N2O5. The molecule has 0 bridgehead atoms. The number of carbonyl (C=O) groups is 3. The first-order chi connectivity index (χ1) is 12.0. The lowest BCUT2D eigenvalue weighted by Crippen LogP contribution is -2.52. The fraction of sp³-hybridized carbons (Fsp3) is 0.500. The van der Waals surface area contributed by atoms with Gasteiger partial charge in [-0.2, -0.15) is 0 Å². The number of rotatable bonds is 3. The summed E-state index contributed by atoms with van der Waals surface area (Å²) in [5.74, 6) is -0.279. The Labute approximate surface area is 144 Å². The van der Waals surface area contributed by atoms with Gasteiger partial charge in [0.2, 0.25) is 11.8 Å². The fourth-order valence-electron chi connectivity index (χ4n) is 3.84. The van der Waals surface area contributed by atoms with Crippen molar-refractivity contribution in [3.8, 4) is 5.75 Å². The van der Waals surface area contributed by atoms with Crippen molar-refractivity contribution >= 4 is 17.7 Å². The van der Waals surface area contributed by atoms with Gasteiger partial charge in [0.1, 0.15) is 17.9 Å². The molecule has 2 fully saturated rings. The number of hydrogen-bond donors (Lipinski definition) is 2. The van der Waals surface area contributed by atoms with Crippen molar-refractivity contribution in [3.63, 3.8) is 0 Å². The van der Waals surface area contributed by atoms with Crippen molar-refractivity contribution < 1.29 is 24.2 Å². The predicted octanol–water partition coefficient (Wildman–Crippen LogP) is 0.740. The Hall–Kier alpha value is -2.41. The molecule has 1 unspecified atom stereocenters. The first-order valence-corrected chi connectivity index (χ1v) is 8.65. The number of nitrogens with one attached hydrogen (secondary N) is 1. The zero-order valence-corrected chi connectivity index (χ0v) is 13.7. The molecule has 2 heterocycles. The second kappa shape index (κ2) is 6.15. The van der Waals surface area contributed by atoms with Crippen molar-refractivity contribution in [1.82, 2.24) is 10.2 Å². The van der Waals surface area contributed by atoms with Crippen LogP contribution in [0.1, 0.15) is 48.0 Å². The number of benzene rings is 1. The average Bonchev–Trinajstić information content (AvgIpc) is 3.12. The van der Waals surface area contributed by atoms with Crippen molar-refractivity contribution in [2.75, 3.05) is 0 Å². The Morgan fingerprint density at radius 2 is 2.00 bits per heavy atom. The van der Waals surface area contributed by atoms with E-state index in [1.165, 1.54) is 4.90 Å². The van der Waals surface area contributed by atoms with E-state index in [2.05, 4.69) is 5.32 Å². The minimum Gasteiger partial charge on any atom is -0.488 e. The third-order valence-corrected chi connectivity index (χ3v) is 5.20. The molecule has 1 aromatic rings. The molecule has 3 amide bonds. The highest BCUT2D eigenvalue weighted by Crippen LogP contribution is 2.32. The summed E-state index contributed by atoms with van der Waals surface area (Å²) in [6.07, 6.45) is 2.44. The van der Waals surface area contributed by atoms with Crippen LogP contribution in [0.5, 0.6) is 5.75 Å². The summed E-state index contributed by atoms with van der Waals surface area (Å²) >= 11 is 0. The number of piperidine rings is 1. The lowest BCUT2D eigenvalue weighted by Gasteiger charge is -2.29. The zero-order chi connectivity index (χ0) is 17.6. The number of aliphatic hydroxyl groups is 1. The van der Waals surface area contributed by atoms with Gasteiger partial charge >= 0.3 is 0 Å². The maximum absolute atomic E-state index is 12.6. The highest BCUT2D eigenvalue weighted by molar-refractivity contribution is 6.05. The molecule has 25 heavy (non-hydrogen) atoms. The molecule has 0 radical (unpaired) electrons. The number of nitrogens with zero attached hydrogens (tertiary/aromatic N) is 1. The van der Waals surface area contributed by atoms with Crippen LogP contribution in [-0.4, -0.2) is 46.0 Å². The zero-order valence-electron chi connectivity index (χ0n) is 13.7. The molecule has 1 saturated heterocycles. The molecule has 2 aliphatic heterocycles. The topological polar surface area (TPSA) is 95.9 Å². The molecule has 2 N–H and O–H groups in total. The summed E-state index contributed by atoms with van der Waals surface area (Å²) in [4.78, 5) is 37.5. The fourth-order valence-corrected chi connectivity index (χ4v) is 3.84. The molecule has 7 nitrogen and oxygen atoms in total. The van der Waals surface area contributed by atoms with Crippen LogP contribution < -0.4 is 10.1 Å². The standard InChI is InChI=1S/C18H20N2O5/c21-14-2-1-3-15(14)25-11-4-5-12-10(8-11)9-20(18(12)24)13-6-7-16(22)19-17(13)23/h4-5,8,13-15,21H,1-3,6-7,9H2,(H,19,22,23)/t13?,14-,15+/m1/s1. The van der Waals surface area contributed by atoms with Gasteiger partial charge in [-0.05, 0) is 49.4 Å².